The summed E-state index contributed by atoms with van der Waals surface area (Å²) in [7, 11) is -3.63. The molecule has 0 bridgehead atoms. The highest BCUT2D eigenvalue weighted by Gasteiger charge is 2.34. The fraction of sp³-hybridized carbons (Fsp3) is 0.188. The Hall–Kier alpha value is -1.56. The fourth-order valence-electron chi connectivity index (χ4n) is 2.67. The van der Waals surface area contributed by atoms with Crippen molar-refractivity contribution in [1.82, 2.24) is 0 Å². The van der Waals surface area contributed by atoms with Gasteiger partial charge < -0.3 is 5.32 Å². The Morgan fingerprint density at radius 2 is 1.78 bits per heavy atom. The molecule has 1 heterocycles. The number of carbonyl (C=O) groups is 1. The van der Waals surface area contributed by atoms with Crippen LogP contribution in [-0.2, 0) is 14.6 Å². The van der Waals surface area contributed by atoms with Gasteiger partial charge in [0.2, 0.25) is 5.91 Å². The highest BCUT2D eigenvalue weighted by atomic mass is 35.5. The molecule has 2 aromatic rings. The molecule has 3 rings (SSSR count). The maximum atomic E-state index is 12.8. The van der Waals surface area contributed by atoms with Crippen LogP contribution in [0.15, 0.2) is 42.5 Å². The Bertz CT molecular complexity index is 881. The minimum Gasteiger partial charge on any atom is -0.326 e. The summed E-state index contributed by atoms with van der Waals surface area (Å²) in [4.78, 5) is 11.8. The van der Waals surface area contributed by atoms with E-state index in [0.717, 1.165) is 0 Å². The third-order valence-electron chi connectivity index (χ3n) is 3.73. The Labute approximate surface area is 144 Å². The summed E-state index contributed by atoms with van der Waals surface area (Å²) < 4.78 is 25.7. The lowest BCUT2D eigenvalue weighted by atomic mass is 10.0. The molecule has 1 aliphatic rings. The van der Waals surface area contributed by atoms with Crippen LogP contribution >= 0.6 is 23.2 Å². The average Bonchev–Trinajstić information content (AvgIpc) is 2.49. The van der Waals surface area contributed by atoms with Crippen molar-refractivity contribution >= 4 is 44.6 Å². The van der Waals surface area contributed by atoms with E-state index in [0.29, 0.717) is 26.9 Å². The number of benzene rings is 2. The first kappa shape index (κ1) is 16.3. The molecular formula is C16H13Cl2NO3S. The number of nitrogens with one attached hydrogen (secondary N) is 1. The Morgan fingerprint density at radius 1 is 1.04 bits per heavy atom. The van der Waals surface area contributed by atoms with E-state index >= 15 is 0 Å². The molecule has 1 atom stereocenters. The molecule has 0 aliphatic carbocycles. The average molecular weight is 370 g/mol. The van der Waals surface area contributed by atoms with Crippen LogP contribution in [-0.4, -0.2) is 20.1 Å². The van der Waals surface area contributed by atoms with Crippen molar-refractivity contribution in [2.45, 2.75) is 11.7 Å². The van der Waals surface area contributed by atoms with Gasteiger partial charge in [0, 0.05) is 22.2 Å². The van der Waals surface area contributed by atoms with Crippen LogP contribution in [0.1, 0.15) is 22.8 Å². The molecule has 7 heteroatoms. The largest absolute Gasteiger partial charge is 0.326 e. The molecule has 1 N–H and O–H groups in total. The number of fused-ring (bicyclic) bond motifs is 1. The third kappa shape index (κ3) is 3.22. The molecule has 4 nitrogen and oxygen atoms in total. The van der Waals surface area contributed by atoms with Gasteiger partial charge in [0.05, 0.1) is 5.75 Å². The van der Waals surface area contributed by atoms with Crippen LogP contribution in [0.5, 0.6) is 0 Å². The summed E-state index contributed by atoms with van der Waals surface area (Å²) in [6.45, 7) is 0. The second-order valence-electron chi connectivity index (χ2n) is 5.30. The molecule has 0 spiro atoms. The second kappa shape index (κ2) is 6.15. The molecular weight excluding hydrogens is 357 g/mol. The van der Waals surface area contributed by atoms with Crippen molar-refractivity contribution in [2.75, 3.05) is 11.1 Å². The summed E-state index contributed by atoms with van der Waals surface area (Å²) in [6.07, 6.45) is -0.0919. The first-order chi connectivity index (χ1) is 10.9. The highest BCUT2D eigenvalue weighted by Crippen LogP contribution is 2.40. The predicted octanol–water partition coefficient (Wildman–Crippen LogP) is 3.84. The molecule has 120 valence electrons. The molecule has 1 aliphatic heterocycles. The van der Waals surface area contributed by atoms with Crippen molar-refractivity contribution < 1.29 is 13.2 Å². The number of halogens is 2. The van der Waals surface area contributed by atoms with E-state index in [-0.39, 0.29) is 18.1 Å². The first-order valence-electron chi connectivity index (χ1n) is 6.94. The quantitative estimate of drug-likeness (QED) is 0.830. The maximum Gasteiger partial charge on any atom is 0.225 e. The first-order valence-corrected chi connectivity index (χ1v) is 9.41. The summed E-state index contributed by atoms with van der Waals surface area (Å²) in [5.74, 6) is -0.588. The van der Waals surface area contributed by atoms with Gasteiger partial charge in [0.15, 0.2) is 9.84 Å². The van der Waals surface area contributed by atoms with Gasteiger partial charge in [0.25, 0.3) is 0 Å². The fourth-order valence-corrected chi connectivity index (χ4v) is 5.04. The highest BCUT2D eigenvalue weighted by molar-refractivity contribution is 7.91. The monoisotopic (exact) mass is 369 g/mol. The lowest BCUT2D eigenvalue weighted by molar-refractivity contribution is -0.115. The van der Waals surface area contributed by atoms with Gasteiger partial charge in [0.1, 0.15) is 5.25 Å². The summed E-state index contributed by atoms with van der Waals surface area (Å²) >= 11 is 12.3. The number of hydrogen-bond donors (Lipinski definition) is 1. The Morgan fingerprint density at radius 3 is 2.52 bits per heavy atom. The Kier molecular flexibility index (Phi) is 4.36. The van der Waals surface area contributed by atoms with Gasteiger partial charge >= 0.3 is 0 Å². The normalized spacial score (nSPS) is 20.1. The Balaban J connectivity index is 2.30. The van der Waals surface area contributed by atoms with Crippen LogP contribution < -0.4 is 5.32 Å². The zero-order chi connectivity index (χ0) is 16.6. The van der Waals surface area contributed by atoms with Crippen LogP contribution in [0.2, 0.25) is 10.0 Å². The smallest absolute Gasteiger partial charge is 0.225 e. The number of sulfone groups is 1. The van der Waals surface area contributed by atoms with E-state index in [1.54, 1.807) is 42.5 Å². The number of rotatable bonds is 1. The molecule has 0 radical (unpaired) electrons. The van der Waals surface area contributed by atoms with Crippen LogP contribution in [0.25, 0.3) is 0 Å². The zero-order valence-corrected chi connectivity index (χ0v) is 14.3. The van der Waals surface area contributed by atoms with E-state index in [1.165, 1.54) is 0 Å². The SMILES string of the molecule is O=C1CCS(=O)(=O)C(c2ccccc2Cl)c2cc(Cl)ccc2N1. The minimum absolute atomic E-state index is 0.0919. The third-order valence-corrected chi connectivity index (χ3v) is 6.31. The van der Waals surface area contributed by atoms with Gasteiger partial charge in [-0.25, -0.2) is 8.42 Å². The molecule has 2 aromatic carbocycles. The standard InChI is InChI=1S/C16H13Cl2NO3S/c17-10-5-6-14-12(9-10)16(11-3-1-2-4-13(11)18)23(21,22)8-7-15(20)19-14/h1-6,9,16H,7-8H2,(H,19,20). The minimum atomic E-state index is -3.63. The number of anilines is 1. The van der Waals surface area contributed by atoms with E-state index in [1.807, 2.05) is 0 Å². The van der Waals surface area contributed by atoms with E-state index in [2.05, 4.69) is 5.32 Å². The number of hydrogen-bond acceptors (Lipinski definition) is 3. The lowest BCUT2D eigenvalue weighted by Gasteiger charge is -2.25. The molecule has 0 aromatic heterocycles. The second-order valence-corrected chi connectivity index (χ2v) is 8.35. The van der Waals surface area contributed by atoms with Crippen molar-refractivity contribution in [3.63, 3.8) is 0 Å². The van der Waals surface area contributed by atoms with Crippen molar-refractivity contribution in [3.05, 3.63) is 63.6 Å². The molecule has 0 saturated carbocycles. The predicted molar refractivity (Wildman–Crippen MR) is 91.8 cm³/mol. The molecule has 0 fully saturated rings. The van der Waals surface area contributed by atoms with E-state index < -0.39 is 15.1 Å². The molecule has 23 heavy (non-hydrogen) atoms. The van der Waals surface area contributed by atoms with Crippen molar-refractivity contribution in [1.29, 1.82) is 0 Å². The molecule has 1 unspecified atom stereocenters. The summed E-state index contributed by atoms with van der Waals surface area (Å²) in [5, 5.41) is 2.53. The number of amides is 1. The van der Waals surface area contributed by atoms with Gasteiger partial charge in [-0.2, -0.15) is 0 Å². The maximum absolute atomic E-state index is 12.8. The van der Waals surface area contributed by atoms with Crippen LogP contribution in [0.4, 0.5) is 5.69 Å². The van der Waals surface area contributed by atoms with Crippen molar-refractivity contribution in [2.24, 2.45) is 0 Å². The summed E-state index contributed by atoms with van der Waals surface area (Å²) in [5.41, 5.74) is 1.35. The summed E-state index contributed by atoms with van der Waals surface area (Å²) in [6, 6.07) is 11.6. The van der Waals surface area contributed by atoms with Crippen molar-refractivity contribution in [3.8, 4) is 0 Å². The zero-order valence-electron chi connectivity index (χ0n) is 11.9. The van der Waals surface area contributed by atoms with Crippen LogP contribution in [0.3, 0.4) is 0 Å². The van der Waals surface area contributed by atoms with Gasteiger partial charge in [-0.3, -0.25) is 4.79 Å². The lowest BCUT2D eigenvalue weighted by Crippen LogP contribution is -2.27. The topological polar surface area (TPSA) is 63.2 Å². The molecule has 0 saturated heterocycles. The van der Waals surface area contributed by atoms with E-state index in [4.69, 9.17) is 23.2 Å². The van der Waals surface area contributed by atoms with E-state index in [9.17, 15) is 13.2 Å². The number of carbonyl (C=O) groups excluding carboxylic acids is 1. The van der Waals surface area contributed by atoms with Gasteiger partial charge in [-0.1, -0.05) is 41.4 Å². The molecule has 1 amide bonds. The van der Waals surface area contributed by atoms with Gasteiger partial charge in [-0.15, -0.1) is 0 Å². The van der Waals surface area contributed by atoms with Crippen LogP contribution in [0, 0.1) is 0 Å². The van der Waals surface area contributed by atoms with Gasteiger partial charge in [-0.05, 0) is 35.4 Å².